The molecule has 0 spiro atoms. The summed E-state index contributed by atoms with van der Waals surface area (Å²) in [6, 6.07) is 11.7. The van der Waals surface area contributed by atoms with Gasteiger partial charge >= 0.3 is 0 Å². The Kier molecular flexibility index (Phi) is 8.67. The molecule has 0 aliphatic heterocycles. The van der Waals surface area contributed by atoms with Gasteiger partial charge in [-0.05, 0) is 49.2 Å². The van der Waals surface area contributed by atoms with Crippen LogP contribution >= 0.6 is 11.8 Å². The van der Waals surface area contributed by atoms with Crippen molar-refractivity contribution in [3.8, 4) is 0 Å². The molecule has 8 heteroatoms. The van der Waals surface area contributed by atoms with Crippen molar-refractivity contribution >= 4 is 35.2 Å². The van der Waals surface area contributed by atoms with Crippen LogP contribution in [0.1, 0.15) is 21.5 Å². The number of hydrogen-bond acceptors (Lipinski definition) is 4. The molecule has 2 aromatic rings. The molecular formula is C21H24FN3O3S. The molecule has 2 aromatic carbocycles. The number of halogens is 1. The highest BCUT2D eigenvalue weighted by Crippen LogP contribution is 2.11. The third-order valence-corrected chi connectivity index (χ3v) is 4.87. The lowest BCUT2D eigenvalue weighted by Gasteiger charge is -2.08. The van der Waals surface area contributed by atoms with Gasteiger partial charge in [0.15, 0.2) is 0 Å². The molecule has 3 N–H and O–H groups in total. The predicted molar refractivity (Wildman–Crippen MR) is 114 cm³/mol. The molecule has 0 heterocycles. The highest BCUT2D eigenvalue weighted by molar-refractivity contribution is 8.00. The zero-order chi connectivity index (χ0) is 21.2. The summed E-state index contributed by atoms with van der Waals surface area (Å²) in [6.07, 6.45) is 0. The summed E-state index contributed by atoms with van der Waals surface area (Å²) in [5.41, 5.74) is 2.48. The van der Waals surface area contributed by atoms with Crippen LogP contribution in [0.3, 0.4) is 0 Å². The first-order valence-electron chi connectivity index (χ1n) is 9.10. The van der Waals surface area contributed by atoms with Gasteiger partial charge in [0.2, 0.25) is 11.8 Å². The minimum atomic E-state index is -0.436. The van der Waals surface area contributed by atoms with Crippen LogP contribution in [-0.2, 0) is 9.59 Å². The van der Waals surface area contributed by atoms with Crippen LogP contribution in [0.25, 0.3) is 0 Å². The summed E-state index contributed by atoms with van der Waals surface area (Å²) in [5, 5.41) is 8.06. The van der Waals surface area contributed by atoms with Crippen molar-refractivity contribution in [2.24, 2.45) is 0 Å². The molecule has 0 aromatic heterocycles. The standard InChI is InChI=1S/C21H24FN3O3S/c1-14-4-3-5-17(10-14)25-20(27)13-29-12-19(26)23-8-9-24-21(28)16-7-6-15(2)18(22)11-16/h3-7,10-11H,8-9,12-13H2,1-2H3,(H,23,26)(H,24,28)(H,25,27). The second-order valence-electron chi connectivity index (χ2n) is 6.48. The number of thioether (sulfide) groups is 1. The van der Waals surface area contributed by atoms with Crippen molar-refractivity contribution in [3.05, 3.63) is 65.0 Å². The van der Waals surface area contributed by atoms with Gasteiger partial charge in [-0.25, -0.2) is 4.39 Å². The highest BCUT2D eigenvalue weighted by Gasteiger charge is 2.09. The molecule has 3 amide bonds. The zero-order valence-electron chi connectivity index (χ0n) is 16.4. The fourth-order valence-corrected chi connectivity index (χ4v) is 3.07. The second kappa shape index (κ2) is 11.2. The third kappa shape index (κ3) is 7.95. The summed E-state index contributed by atoms with van der Waals surface area (Å²) in [7, 11) is 0. The van der Waals surface area contributed by atoms with Gasteiger partial charge in [0.1, 0.15) is 5.82 Å². The monoisotopic (exact) mass is 417 g/mol. The number of hydrogen-bond donors (Lipinski definition) is 3. The summed E-state index contributed by atoms with van der Waals surface area (Å²) >= 11 is 1.20. The molecule has 0 saturated carbocycles. The number of nitrogens with one attached hydrogen (secondary N) is 3. The van der Waals surface area contributed by atoms with Gasteiger partial charge in [0.05, 0.1) is 11.5 Å². The number of carbonyl (C=O) groups excluding carboxylic acids is 3. The van der Waals surface area contributed by atoms with E-state index >= 15 is 0 Å². The van der Waals surface area contributed by atoms with Crippen molar-refractivity contribution in [2.45, 2.75) is 13.8 Å². The summed E-state index contributed by atoms with van der Waals surface area (Å²) in [5.74, 6) is -0.940. The molecule has 0 saturated heterocycles. The maximum atomic E-state index is 13.5. The van der Waals surface area contributed by atoms with Gasteiger partial charge in [0, 0.05) is 24.3 Å². The van der Waals surface area contributed by atoms with Gasteiger partial charge in [-0.1, -0.05) is 18.2 Å². The van der Waals surface area contributed by atoms with E-state index in [0.29, 0.717) is 5.56 Å². The summed E-state index contributed by atoms with van der Waals surface area (Å²) in [6.45, 7) is 4.03. The molecule has 0 aliphatic carbocycles. The molecule has 29 heavy (non-hydrogen) atoms. The fourth-order valence-electron chi connectivity index (χ4n) is 2.42. The van der Waals surface area contributed by atoms with E-state index in [1.54, 1.807) is 19.1 Å². The number of rotatable bonds is 9. The first-order valence-corrected chi connectivity index (χ1v) is 10.3. The third-order valence-electron chi connectivity index (χ3n) is 3.93. The molecule has 0 unspecified atom stereocenters. The van der Waals surface area contributed by atoms with E-state index in [9.17, 15) is 18.8 Å². The molecule has 2 rings (SSSR count). The van der Waals surface area contributed by atoms with Crippen LogP contribution in [-0.4, -0.2) is 42.3 Å². The fraction of sp³-hybridized carbons (Fsp3) is 0.286. The minimum Gasteiger partial charge on any atom is -0.354 e. The molecule has 154 valence electrons. The van der Waals surface area contributed by atoms with E-state index in [1.165, 1.54) is 17.8 Å². The number of carbonyl (C=O) groups is 3. The number of aryl methyl sites for hydroxylation is 2. The predicted octanol–water partition coefficient (Wildman–Crippen LogP) is 2.66. The lowest BCUT2D eigenvalue weighted by Crippen LogP contribution is -2.35. The lowest BCUT2D eigenvalue weighted by atomic mass is 10.1. The van der Waals surface area contributed by atoms with Crippen molar-refractivity contribution < 1.29 is 18.8 Å². The maximum Gasteiger partial charge on any atom is 0.251 e. The Morgan fingerprint density at radius 2 is 1.66 bits per heavy atom. The van der Waals surface area contributed by atoms with Crippen molar-refractivity contribution in [1.82, 2.24) is 10.6 Å². The SMILES string of the molecule is Cc1cccc(NC(=O)CSCC(=O)NCCNC(=O)c2ccc(C)c(F)c2)c1. The van der Waals surface area contributed by atoms with Crippen molar-refractivity contribution in [2.75, 3.05) is 29.9 Å². The van der Waals surface area contributed by atoms with E-state index < -0.39 is 11.7 Å². The number of benzene rings is 2. The Morgan fingerprint density at radius 1 is 0.931 bits per heavy atom. The Morgan fingerprint density at radius 3 is 2.38 bits per heavy atom. The zero-order valence-corrected chi connectivity index (χ0v) is 17.2. The first kappa shape index (κ1) is 22.4. The van der Waals surface area contributed by atoms with Crippen LogP contribution in [0, 0.1) is 19.7 Å². The van der Waals surface area contributed by atoms with Crippen LogP contribution in [0.5, 0.6) is 0 Å². The average molecular weight is 418 g/mol. The average Bonchev–Trinajstić information content (AvgIpc) is 2.67. The van der Waals surface area contributed by atoms with E-state index in [2.05, 4.69) is 16.0 Å². The molecule has 0 radical (unpaired) electrons. The van der Waals surface area contributed by atoms with Gasteiger partial charge in [-0.2, -0.15) is 0 Å². The molecular weight excluding hydrogens is 393 g/mol. The van der Waals surface area contributed by atoms with E-state index in [1.807, 2.05) is 31.2 Å². The highest BCUT2D eigenvalue weighted by atomic mass is 32.2. The van der Waals surface area contributed by atoms with Crippen LogP contribution in [0.15, 0.2) is 42.5 Å². The Bertz CT molecular complexity index is 889. The van der Waals surface area contributed by atoms with E-state index in [-0.39, 0.29) is 42.0 Å². The van der Waals surface area contributed by atoms with Gasteiger partial charge in [0.25, 0.3) is 5.91 Å². The van der Waals surface area contributed by atoms with E-state index in [0.717, 1.165) is 11.3 Å². The Hall–Kier alpha value is -2.87. The lowest BCUT2D eigenvalue weighted by molar-refractivity contribution is -0.118. The number of amides is 3. The first-order chi connectivity index (χ1) is 13.8. The normalized spacial score (nSPS) is 10.3. The van der Waals surface area contributed by atoms with Gasteiger partial charge in [-0.15, -0.1) is 11.8 Å². The largest absolute Gasteiger partial charge is 0.354 e. The molecule has 0 fully saturated rings. The van der Waals surface area contributed by atoms with Crippen LogP contribution < -0.4 is 16.0 Å². The smallest absolute Gasteiger partial charge is 0.251 e. The Balaban J connectivity index is 1.59. The van der Waals surface area contributed by atoms with Crippen LogP contribution in [0.2, 0.25) is 0 Å². The topological polar surface area (TPSA) is 87.3 Å². The molecule has 6 nitrogen and oxygen atoms in total. The molecule has 0 atom stereocenters. The van der Waals surface area contributed by atoms with Crippen molar-refractivity contribution in [1.29, 1.82) is 0 Å². The minimum absolute atomic E-state index is 0.137. The molecule has 0 bridgehead atoms. The van der Waals surface area contributed by atoms with E-state index in [4.69, 9.17) is 0 Å². The summed E-state index contributed by atoms with van der Waals surface area (Å²) < 4.78 is 13.5. The summed E-state index contributed by atoms with van der Waals surface area (Å²) in [4.78, 5) is 35.6. The quantitative estimate of drug-likeness (QED) is 0.548. The number of anilines is 1. The van der Waals surface area contributed by atoms with Gasteiger partial charge in [-0.3, -0.25) is 14.4 Å². The maximum absolute atomic E-state index is 13.5. The Labute approximate surface area is 173 Å². The molecule has 0 aliphatic rings. The van der Waals surface area contributed by atoms with Gasteiger partial charge < -0.3 is 16.0 Å². The second-order valence-corrected chi connectivity index (χ2v) is 7.47. The van der Waals surface area contributed by atoms with Crippen LogP contribution in [0.4, 0.5) is 10.1 Å². The van der Waals surface area contributed by atoms with Crippen molar-refractivity contribution in [3.63, 3.8) is 0 Å².